The van der Waals surface area contributed by atoms with Crippen LogP contribution in [0.5, 0.6) is 0 Å². The number of alkyl halides is 3. The molecule has 34 heavy (non-hydrogen) atoms. The molecule has 1 unspecified atom stereocenters. The van der Waals surface area contributed by atoms with Crippen LogP contribution < -0.4 is 5.32 Å². The smallest absolute Gasteiger partial charge is 0.416 e. The first kappa shape index (κ1) is 24.3. The van der Waals surface area contributed by atoms with Gasteiger partial charge in [0, 0.05) is 43.8 Å². The average molecular weight is 500 g/mol. The molecule has 0 aliphatic carbocycles. The van der Waals surface area contributed by atoms with Crippen molar-refractivity contribution in [2.75, 3.05) is 26.2 Å². The zero-order valence-corrected chi connectivity index (χ0v) is 19.3. The van der Waals surface area contributed by atoms with E-state index in [9.17, 15) is 22.8 Å². The van der Waals surface area contributed by atoms with Gasteiger partial charge >= 0.3 is 12.3 Å². The Morgan fingerprint density at radius 2 is 2.00 bits per heavy atom. The van der Waals surface area contributed by atoms with E-state index < -0.39 is 17.8 Å². The summed E-state index contributed by atoms with van der Waals surface area (Å²) in [6, 6.07) is 4.80. The summed E-state index contributed by atoms with van der Waals surface area (Å²) in [4.78, 5) is 28.8. The molecule has 1 aromatic heterocycles. The Bertz CT molecular complexity index is 1070. The number of hydrogen-bond donors (Lipinski definition) is 1. The summed E-state index contributed by atoms with van der Waals surface area (Å²) in [5.74, 6) is -0.148. The second kappa shape index (κ2) is 9.83. The molecule has 4 rings (SSSR count). The molecule has 1 aromatic carbocycles. The molecule has 1 atom stereocenters. The summed E-state index contributed by atoms with van der Waals surface area (Å²) >= 11 is 5.80. The van der Waals surface area contributed by atoms with Gasteiger partial charge < -0.3 is 19.9 Å². The maximum absolute atomic E-state index is 13.0. The molecule has 1 fully saturated rings. The summed E-state index contributed by atoms with van der Waals surface area (Å²) < 4.78 is 46.0. The monoisotopic (exact) mass is 499 g/mol. The van der Waals surface area contributed by atoms with E-state index in [1.807, 2.05) is 6.92 Å². The molecule has 3 heterocycles. The molecule has 2 aromatic rings. The molecule has 1 saturated heterocycles. The van der Waals surface area contributed by atoms with E-state index in [2.05, 4.69) is 10.4 Å². The number of piperazine rings is 1. The summed E-state index contributed by atoms with van der Waals surface area (Å²) in [6.07, 6.45) is -4.62. The van der Waals surface area contributed by atoms with Crippen molar-refractivity contribution in [3.05, 3.63) is 51.8 Å². The number of fused-ring (bicyclic) bond motifs is 1. The molecule has 12 heteroatoms. The Labute approximate surface area is 199 Å². The molecule has 0 spiro atoms. The van der Waals surface area contributed by atoms with Crippen molar-refractivity contribution in [1.29, 1.82) is 0 Å². The zero-order chi connectivity index (χ0) is 24.5. The van der Waals surface area contributed by atoms with E-state index in [-0.39, 0.29) is 35.7 Å². The largest absolute Gasteiger partial charge is 0.445 e. The van der Waals surface area contributed by atoms with Gasteiger partial charge in [0.05, 0.1) is 17.8 Å². The third kappa shape index (κ3) is 5.47. The lowest BCUT2D eigenvalue weighted by molar-refractivity contribution is -0.137. The second-order valence-electron chi connectivity index (χ2n) is 8.47. The Kier molecular flexibility index (Phi) is 7.04. The van der Waals surface area contributed by atoms with E-state index in [0.717, 1.165) is 25.2 Å². The molecule has 2 aliphatic rings. The fraction of sp³-hybridized carbons (Fsp3) is 0.500. The van der Waals surface area contributed by atoms with Crippen LogP contribution in [0, 0.1) is 0 Å². The Morgan fingerprint density at radius 3 is 2.74 bits per heavy atom. The first-order valence-corrected chi connectivity index (χ1v) is 11.4. The van der Waals surface area contributed by atoms with E-state index >= 15 is 0 Å². The zero-order valence-electron chi connectivity index (χ0n) is 18.6. The Morgan fingerprint density at radius 1 is 1.21 bits per heavy atom. The molecule has 0 radical (unpaired) electrons. The molecular weight excluding hydrogens is 475 g/mol. The van der Waals surface area contributed by atoms with Crippen LogP contribution in [0.3, 0.4) is 0 Å². The number of benzene rings is 1. The second-order valence-corrected chi connectivity index (χ2v) is 8.91. The molecule has 2 aliphatic heterocycles. The molecule has 2 amide bonds. The normalized spacial score (nSPS) is 18.9. The van der Waals surface area contributed by atoms with Crippen molar-refractivity contribution in [3.63, 3.8) is 0 Å². The lowest BCUT2D eigenvalue weighted by Crippen LogP contribution is -2.52. The number of halogens is 4. The number of ether oxygens (including phenoxy) is 1. The van der Waals surface area contributed by atoms with Gasteiger partial charge in [-0.1, -0.05) is 11.6 Å². The highest BCUT2D eigenvalue weighted by molar-refractivity contribution is 6.30. The lowest BCUT2D eigenvalue weighted by Gasteiger charge is -2.33. The van der Waals surface area contributed by atoms with E-state index in [4.69, 9.17) is 16.3 Å². The minimum absolute atomic E-state index is 0.0542. The number of hydrogen-bond acceptors (Lipinski definition) is 5. The van der Waals surface area contributed by atoms with E-state index in [1.54, 1.807) is 15.6 Å². The maximum atomic E-state index is 13.0. The van der Waals surface area contributed by atoms with Crippen molar-refractivity contribution < 1.29 is 27.5 Å². The average Bonchev–Trinajstić information content (AvgIpc) is 3.07. The first-order valence-electron chi connectivity index (χ1n) is 11.0. The maximum Gasteiger partial charge on any atom is 0.416 e. The third-order valence-corrected chi connectivity index (χ3v) is 6.12. The van der Waals surface area contributed by atoms with Gasteiger partial charge in [-0.05, 0) is 43.2 Å². The van der Waals surface area contributed by atoms with Crippen LogP contribution in [0.15, 0.2) is 24.3 Å². The minimum Gasteiger partial charge on any atom is -0.445 e. The fourth-order valence-electron chi connectivity index (χ4n) is 4.15. The van der Waals surface area contributed by atoms with Crippen molar-refractivity contribution in [2.24, 2.45) is 0 Å². The van der Waals surface area contributed by atoms with Gasteiger partial charge in [-0.15, -0.1) is 0 Å². The highest BCUT2D eigenvalue weighted by atomic mass is 35.5. The van der Waals surface area contributed by atoms with Crippen molar-refractivity contribution in [3.8, 4) is 0 Å². The summed E-state index contributed by atoms with van der Waals surface area (Å²) in [5.41, 5.74) is 0.270. The van der Waals surface area contributed by atoms with Gasteiger partial charge in [-0.3, -0.25) is 9.48 Å². The minimum atomic E-state index is -4.55. The van der Waals surface area contributed by atoms with Crippen molar-refractivity contribution in [1.82, 2.24) is 24.9 Å². The number of aryl methyl sites for hydroxylation is 1. The number of carbonyl (C=O) groups is 2. The van der Waals surface area contributed by atoms with Gasteiger partial charge in [0.15, 0.2) is 5.69 Å². The van der Waals surface area contributed by atoms with Crippen molar-refractivity contribution >= 4 is 23.6 Å². The van der Waals surface area contributed by atoms with Crippen molar-refractivity contribution in [2.45, 2.75) is 45.3 Å². The number of rotatable bonds is 3. The summed E-state index contributed by atoms with van der Waals surface area (Å²) in [6.45, 7) is 4.77. The fourth-order valence-corrected chi connectivity index (χ4v) is 4.40. The van der Waals surface area contributed by atoms with Crippen LogP contribution in [-0.4, -0.2) is 63.8 Å². The predicted molar refractivity (Wildman–Crippen MR) is 117 cm³/mol. The van der Waals surface area contributed by atoms with Gasteiger partial charge in [0.25, 0.3) is 5.91 Å². The highest BCUT2D eigenvalue weighted by Crippen LogP contribution is 2.32. The topological polar surface area (TPSA) is 79.7 Å². The number of aromatic nitrogens is 2. The molecule has 184 valence electrons. The number of nitrogens with zero attached hydrogens (tertiary/aromatic N) is 4. The van der Waals surface area contributed by atoms with E-state index in [1.165, 1.54) is 11.0 Å². The quantitative estimate of drug-likeness (QED) is 0.699. The third-order valence-electron chi connectivity index (χ3n) is 5.90. The number of nitrogens with one attached hydrogen (secondary N) is 1. The lowest BCUT2D eigenvalue weighted by atomic mass is 10.1. The first-order chi connectivity index (χ1) is 16.1. The Hall–Kier alpha value is -2.79. The van der Waals surface area contributed by atoms with Crippen LogP contribution in [0.4, 0.5) is 18.0 Å². The molecule has 1 N–H and O–H groups in total. The van der Waals surface area contributed by atoms with Crippen LogP contribution in [-0.2, 0) is 30.6 Å². The summed E-state index contributed by atoms with van der Waals surface area (Å²) in [5, 5.41) is 7.61. The molecular formula is C22H25ClF3N5O3. The molecule has 0 bridgehead atoms. The van der Waals surface area contributed by atoms with Crippen LogP contribution >= 0.6 is 11.6 Å². The number of carbonyl (C=O) groups excluding carboxylic acids is 2. The van der Waals surface area contributed by atoms with Gasteiger partial charge in [0.2, 0.25) is 0 Å². The van der Waals surface area contributed by atoms with E-state index in [0.29, 0.717) is 37.4 Å². The van der Waals surface area contributed by atoms with Crippen LogP contribution in [0.2, 0.25) is 5.02 Å². The summed E-state index contributed by atoms with van der Waals surface area (Å²) in [7, 11) is 0. The van der Waals surface area contributed by atoms with Gasteiger partial charge in [0.1, 0.15) is 6.61 Å². The number of amides is 2. The molecule has 8 nitrogen and oxygen atoms in total. The standard InChI is InChI=1S/C22H25ClF3N5O3/c1-14-11-27-3-6-30(14)20(32)19-10-18-12-29(4-2-5-31(18)28-19)21(33)34-13-15-7-16(22(24,25)26)9-17(23)8-15/h7-10,14,27H,2-6,11-13H2,1H3. The predicted octanol–water partition coefficient (Wildman–Crippen LogP) is 3.53. The SMILES string of the molecule is CC1CNCCN1C(=O)c1cc2n(n1)CCCN(C(=O)OCc1cc(Cl)cc(C(F)(F)F)c1)C2. The highest BCUT2D eigenvalue weighted by Gasteiger charge is 2.32. The molecule has 0 saturated carbocycles. The van der Waals surface area contributed by atoms with Gasteiger partial charge in [-0.2, -0.15) is 18.3 Å². The van der Waals surface area contributed by atoms with Crippen LogP contribution in [0.1, 0.15) is 40.7 Å². The Balaban J connectivity index is 1.42. The van der Waals surface area contributed by atoms with Gasteiger partial charge in [-0.25, -0.2) is 4.79 Å². The van der Waals surface area contributed by atoms with Crippen LogP contribution in [0.25, 0.3) is 0 Å².